The Morgan fingerprint density at radius 2 is 2.08 bits per heavy atom. The van der Waals surface area contributed by atoms with Gasteiger partial charge in [-0.15, -0.1) is 23.4 Å². The highest BCUT2D eigenvalue weighted by Gasteiger charge is 2.20. The maximum atomic E-state index is 12.7. The normalized spacial score (nSPS) is 12.2. The lowest BCUT2D eigenvalue weighted by Crippen LogP contribution is -2.31. The van der Waals surface area contributed by atoms with E-state index in [4.69, 9.17) is 0 Å². The molecule has 0 fully saturated rings. The maximum absolute atomic E-state index is 12.7. The minimum atomic E-state index is -0.374. The van der Waals surface area contributed by atoms with E-state index < -0.39 is 0 Å². The summed E-state index contributed by atoms with van der Waals surface area (Å²) >= 11 is 1.29. The van der Waals surface area contributed by atoms with Gasteiger partial charge in [-0.3, -0.25) is 18.6 Å². The Bertz CT molecular complexity index is 1050. The molecule has 2 aromatic heterocycles. The fourth-order valence-corrected chi connectivity index (χ4v) is 3.51. The number of rotatable bonds is 7. The van der Waals surface area contributed by atoms with Crippen molar-refractivity contribution in [1.82, 2.24) is 24.5 Å². The van der Waals surface area contributed by atoms with Crippen molar-refractivity contribution >= 4 is 34.3 Å². The quantitative estimate of drug-likeness (QED) is 0.509. The first kappa shape index (κ1) is 17.9. The third-order valence-corrected chi connectivity index (χ3v) is 4.90. The van der Waals surface area contributed by atoms with Crippen molar-refractivity contribution in [3.05, 3.63) is 59.9 Å². The summed E-state index contributed by atoms with van der Waals surface area (Å²) in [7, 11) is 0. The van der Waals surface area contributed by atoms with Crippen molar-refractivity contribution < 1.29 is 4.79 Å². The van der Waals surface area contributed by atoms with Crippen LogP contribution in [-0.4, -0.2) is 36.9 Å². The SMILES string of the molecule is C=CCNC(=O)C(C)Sc1nnc2n(CC=C)c(=O)c3ccccc3n12. The van der Waals surface area contributed by atoms with Crippen LogP contribution in [0.25, 0.3) is 16.7 Å². The molecule has 1 amide bonds. The second kappa shape index (κ2) is 7.57. The smallest absolute Gasteiger partial charge is 0.263 e. The second-order valence-corrected chi connectivity index (χ2v) is 6.94. The van der Waals surface area contributed by atoms with E-state index in [2.05, 4.69) is 28.7 Å². The minimum Gasteiger partial charge on any atom is -0.352 e. The molecule has 0 radical (unpaired) electrons. The molecule has 7 nitrogen and oxygen atoms in total. The number of para-hydroxylation sites is 1. The molecule has 1 aromatic carbocycles. The fraction of sp³-hybridized carbons (Fsp3) is 0.222. The van der Waals surface area contributed by atoms with Crippen molar-refractivity contribution in [2.24, 2.45) is 0 Å². The number of hydrogen-bond donors (Lipinski definition) is 1. The Labute approximate surface area is 154 Å². The molecule has 134 valence electrons. The van der Waals surface area contributed by atoms with E-state index in [-0.39, 0.29) is 16.7 Å². The van der Waals surface area contributed by atoms with E-state index in [0.717, 1.165) is 0 Å². The lowest BCUT2D eigenvalue weighted by molar-refractivity contribution is -0.120. The van der Waals surface area contributed by atoms with E-state index in [1.807, 2.05) is 22.6 Å². The number of carbonyl (C=O) groups is 1. The number of allylic oxidation sites excluding steroid dienone is 1. The van der Waals surface area contributed by atoms with Crippen LogP contribution in [0.5, 0.6) is 0 Å². The Morgan fingerprint density at radius 3 is 2.81 bits per heavy atom. The average Bonchev–Trinajstić information content (AvgIpc) is 3.06. The van der Waals surface area contributed by atoms with Crippen molar-refractivity contribution in [2.45, 2.75) is 23.9 Å². The summed E-state index contributed by atoms with van der Waals surface area (Å²) in [4.78, 5) is 24.9. The number of fused-ring (bicyclic) bond motifs is 3. The molecule has 0 aliphatic carbocycles. The molecule has 0 spiro atoms. The van der Waals surface area contributed by atoms with Crippen LogP contribution in [0, 0.1) is 0 Å². The molecule has 1 atom stereocenters. The first-order chi connectivity index (χ1) is 12.6. The predicted molar refractivity (Wildman–Crippen MR) is 103 cm³/mol. The van der Waals surface area contributed by atoms with Gasteiger partial charge in [0.15, 0.2) is 5.16 Å². The van der Waals surface area contributed by atoms with Gasteiger partial charge >= 0.3 is 0 Å². The molecule has 1 N–H and O–H groups in total. The van der Waals surface area contributed by atoms with Crippen LogP contribution in [0.2, 0.25) is 0 Å². The largest absolute Gasteiger partial charge is 0.352 e. The molecule has 3 rings (SSSR count). The zero-order chi connectivity index (χ0) is 18.7. The van der Waals surface area contributed by atoms with Crippen LogP contribution in [0.4, 0.5) is 0 Å². The molecular weight excluding hydrogens is 350 g/mol. The van der Waals surface area contributed by atoms with Gasteiger partial charge in [0.05, 0.1) is 16.2 Å². The molecule has 0 aliphatic rings. The number of hydrogen-bond acceptors (Lipinski definition) is 5. The van der Waals surface area contributed by atoms with E-state index in [9.17, 15) is 9.59 Å². The van der Waals surface area contributed by atoms with E-state index in [1.54, 1.807) is 25.1 Å². The molecule has 8 heteroatoms. The second-order valence-electron chi connectivity index (χ2n) is 5.63. The van der Waals surface area contributed by atoms with E-state index >= 15 is 0 Å². The Hall–Kier alpha value is -2.87. The minimum absolute atomic E-state index is 0.115. The zero-order valence-corrected chi connectivity index (χ0v) is 15.2. The van der Waals surface area contributed by atoms with Gasteiger partial charge in [-0.25, -0.2) is 0 Å². The molecule has 0 saturated heterocycles. The number of nitrogens with zero attached hydrogens (tertiary/aromatic N) is 4. The van der Waals surface area contributed by atoms with Crippen LogP contribution in [-0.2, 0) is 11.3 Å². The summed E-state index contributed by atoms with van der Waals surface area (Å²) < 4.78 is 3.33. The summed E-state index contributed by atoms with van der Waals surface area (Å²) in [5.74, 6) is 0.310. The molecule has 0 aliphatic heterocycles. The monoisotopic (exact) mass is 369 g/mol. The van der Waals surface area contributed by atoms with Gasteiger partial charge in [-0.05, 0) is 19.1 Å². The van der Waals surface area contributed by atoms with Gasteiger partial charge in [0, 0.05) is 13.1 Å². The molecule has 0 bridgehead atoms. The van der Waals surface area contributed by atoms with E-state index in [1.165, 1.54) is 16.3 Å². The highest BCUT2D eigenvalue weighted by molar-refractivity contribution is 8.00. The topological polar surface area (TPSA) is 81.3 Å². The Balaban J connectivity index is 2.13. The van der Waals surface area contributed by atoms with Crippen LogP contribution in [0.15, 0.2) is 59.5 Å². The number of carbonyl (C=O) groups excluding carboxylic acids is 1. The van der Waals surface area contributed by atoms with Crippen LogP contribution < -0.4 is 10.9 Å². The van der Waals surface area contributed by atoms with Crippen molar-refractivity contribution in [3.63, 3.8) is 0 Å². The molecule has 3 aromatic rings. The summed E-state index contributed by atoms with van der Waals surface area (Å²) in [5.41, 5.74) is 0.563. The zero-order valence-electron chi connectivity index (χ0n) is 14.4. The summed E-state index contributed by atoms with van der Waals surface area (Å²) in [5, 5.41) is 11.9. The van der Waals surface area contributed by atoms with Crippen LogP contribution >= 0.6 is 11.8 Å². The van der Waals surface area contributed by atoms with Gasteiger partial charge in [0.1, 0.15) is 0 Å². The number of thioether (sulfide) groups is 1. The predicted octanol–water partition coefficient (Wildman–Crippen LogP) is 2.01. The van der Waals surface area contributed by atoms with Crippen molar-refractivity contribution in [3.8, 4) is 0 Å². The Kier molecular flexibility index (Phi) is 5.22. The average molecular weight is 369 g/mol. The maximum Gasteiger partial charge on any atom is 0.263 e. The number of nitrogens with one attached hydrogen (secondary N) is 1. The Morgan fingerprint density at radius 1 is 1.31 bits per heavy atom. The lowest BCUT2D eigenvalue weighted by Gasteiger charge is -2.12. The molecule has 2 heterocycles. The van der Waals surface area contributed by atoms with Gasteiger partial charge in [0.25, 0.3) is 5.56 Å². The number of aromatic nitrogens is 4. The van der Waals surface area contributed by atoms with Crippen LogP contribution in [0.3, 0.4) is 0 Å². The molecule has 0 saturated carbocycles. The first-order valence-corrected chi connectivity index (χ1v) is 8.99. The van der Waals surface area contributed by atoms with Gasteiger partial charge in [0.2, 0.25) is 11.7 Å². The fourth-order valence-electron chi connectivity index (χ4n) is 2.63. The summed E-state index contributed by atoms with van der Waals surface area (Å²) in [6.07, 6.45) is 3.27. The van der Waals surface area contributed by atoms with Crippen LogP contribution in [0.1, 0.15) is 6.92 Å². The third kappa shape index (κ3) is 3.15. The van der Waals surface area contributed by atoms with Crippen molar-refractivity contribution in [1.29, 1.82) is 0 Å². The molecule has 1 unspecified atom stereocenters. The molecule has 26 heavy (non-hydrogen) atoms. The summed E-state index contributed by atoms with van der Waals surface area (Å²) in [6.45, 7) is 9.83. The van der Waals surface area contributed by atoms with Crippen molar-refractivity contribution in [2.75, 3.05) is 6.54 Å². The van der Waals surface area contributed by atoms with Gasteiger partial charge < -0.3 is 5.32 Å². The number of benzene rings is 1. The van der Waals surface area contributed by atoms with Gasteiger partial charge in [-0.1, -0.05) is 36.0 Å². The first-order valence-electron chi connectivity index (χ1n) is 8.11. The third-order valence-electron chi connectivity index (χ3n) is 3.86. The highest BCUT2D eigenvalue weighted by atomic mass is 32.2. The summed E-state index contributed by atoms with van der Waals surface area (Å²) in [6, 6.07) is 7.29. The van der Waals surface area contributed by atoms with Gasteiger partial charge in [-0.2, -0.15) is 0 Å². The van der Waals surface area contributed by atoms with E-state index in [0.29, 0.717) is 34.9 Å². The number of amides is 1. The highest BCUT2D eigenvalue weighted by Crippen LogP contribution is 2.25. The lowest BCUT2D eigenvalue weighted by atomic mass is 10.2. The standard InChI is InChI=1S/C18H19N5O2S/c1-4-10-19-15(24)12(3)26-18-21-20-17-22(11-5-2)16(25)13-8-6-7-9-14(13)23(17)18/h4-9,12H,1-2,10-11H2,3H3,(H,19,24). The molecular formula is C18H19N5O2S.